The number of imide groups is 1. The highest BCUT2D eigenvalue weighted by molar-refractivity contribution is 6.07. The topological polar surface area (TPSA) is 78.7 Å². The molecular formula is C15H22N4O3. The number of oxazole rings is 1. The molecule has 3 heterocycles. The van der Waals surface area contributed by atoms with E-state index in [1.54, 1.807) is 6.20 Å². The summed E-state index contributed by atoms with van der Waals surface area (Å²) in [6, 6.07) is -0.411. The number of hydrogen-bond acceptors (Lipinski definition) is 5. The molecule has 2 fully saturated rings. The van der Waals surface area contributed by atoms with Crippen LogP contribution in [-0.2, 0) is 17.8 Å². The number of rotatable bonds is 4. The van der Waals surface area contributed by atoms with Crippen LogP contribution in [0.15, 0.2) is 10.6 Å². The molecule has 1 spiro atoms. The number of amides is 3. The van der Waals surface area contributed by atoms with Gasteiger partial charge in [0.2, 0.25) is 5.89 Å². The molecule has 0 saturated carbocycles. The van der Waals surface area contributed by atoms with Gasteiger partial charge >= 0.3 is 6.03 Å². The molecule has 2 aliphatic rings. The van der Waals surface area contributed by atoms with Gasteiger partial charge in [0.15, 0.2) is 0 Å². The lowest BCUT2D eigenvalue weighted by Gasteiger charge is -2.22. The van der Waals surface area contributed by atoms with Crippen LogP contribution in [-0.4, -0.2) is 51.4 Å². The Morgan fingerprint density at radius 2 is 2.23 bits per heavy atom. The zero-order valence-corrected chi connectivity index (χ0v) is 13.3. The fourth-order valence-corrected chi connectivity index (χ4v) is 3.19. The van der Waals surface area contributed by atoms with Gasteiger partial charge in [-0.15, -0.1) is 0 Å². The number of nitrogens with zero attached hydrogens (tertiary/aromatic N) is 3. The average molecular weight is 306 g/mol. The van der Waals surface area contributed by atoms with E-state index in [4.69, 9.17) is 4.42 Å². The van der Waals surface area contributed by atoms with Crippen molar-refractivity contribution in [3.8, 4) is 0 Å². The highest BCUT2D eigenvalue weighted by atomic mass is 16.4. The molecule has 1 atom stereocenters. The van der Waals surface area contributed by atoms with Crippen LogP contribution < -0.4 is 5.32 Å². The summed E-state index contributed by atoms with van der Waals surface area (Å²) in [5, 5.41) is 2.89. The van der Waals surface area contributed by atoms with Gasteiger partial charge in [-0.1, -0.05) is 6.92 Å². The van der Waals surface area contributed by atoms with E-state index in [0.29, 0.717) is 25.4 Å². The monoisotopic (exact) mass is 306 g/mol. The molecule has 0 aliphatic carbocycles. The zero-order chi connectivity index (χ0) is 15.9. The van der Waals surface area contributed by atoms with Crippen LogP contribution in [0, 0.1) is 0 Å². The van der Waals surface area contributed by atoms with Gasteiger partial charge in [0.05, 0.1) is 12.7 Å². The van der Waals surface area contributed by atoms with E-state index >= 15 is 0 Å². The van der Waals surface area contributed by atoms with E-state index < -0.39 is 5.54 Å². The second kappa shape index (κ2) is 5.39. The second-order valence-electron chi connectivity index (χ2n) is 6.32. The van der Waals surface area contributed by atoms with Gasteiger partial charge in [0, 0.05) is 25.6 Å². The van der Waals surface area contributed by atoms with Gasteiger partial charge < -0.3 is 9.73 Å². The fourth-order valence-electron chi connectivity index (χ4n) is 3.19. The Hall–Kier alpha value is -1.89. The van der Waals surface area contributed by atoms with Gasteiger partial charge in [-0.25, -0.2) is 9.78 Å². The van der Waals surface area contributed by atoms with Crippen molar-refractivity contribution in [2.75, 3.05) is 13.1 Å². The van der Waals surface area contributed by atoms with Gasteiger partial charge in [-0.3, -0.25) is 14.6 Å². The van der Waals surface area contributed by atoms with Crippen molar-refractivity contribution >= 4 is 11.9 Å². The molecule has 1 aromatic rings. The van der Waals surface area contributed by atoms with Crippen molar-refractivity contribution in [3.63, 3.8) is 0 Å². The second-order valence-corrected chi connectivity index (χ2v) is 6.32. The normalized spacial score (nSPS) is 25.7. The largest absolute Gasteiger partial charge is 0.444 e. The maximum Gasteiger partial charge on any atom is 0.325 e. The highest BCUT2D eigenvalue weighted by Crippen LogP contribution is 2.30. The van der Waals surface area contributed by atoms with Gasteiger partial charge in [0.1, 0.15) is 11.3 Å². The first-order valence-electron chi connectivity index (χ1n) is 7.77. The van der Waals surface area contributed by atoms with Crippen LogP contribution in [0.4, 0.5) is 4.79 Å². The molecule has 22 heavy (non-hydrogen) atoms. The molecule has 0 bridgehead atoms. The van der Waals surface area contributed by atoms with E-state index in [-0.39, 0.29) is 18.0 Å². The minimum Gasteiger partial charge on any atom is -0.444 e. The van der Waals surface area contributed by atoms with E-state index in [1.807, 2.05) is 20.8 Å². The van der Waals surface area contributed by atoms with Crippen LogP contribution in [0.25, 0.3) is 0 Å². The zero-order valence-electron chi connectivity index (χ0n) is 13.3. The van der Waals surface area contributed by atoms with Crippen molar-refractivity contribution in [1.82, 2.24) is 20.1 Å². The summed E-state index contributed by atoms with van der Waals surface area (Å²) < 4.78 is 5.62. The molecule has 1 N–H and O–H groups in total. The molecule has 120 valence electrons. The summed E-state index contributed by atoms with van der Waals surface area (Å²) in [6.07, 6.45) is 3.18. The number of nitrogens with one attached hydrogen (secondary N) is 1. The molecule has 1 unspecified atom stereocenters. The van der Waals surface area contributed by atoms with E-state index in [0.717, 1.165) is 18.7 Å². The number of hydrogen-bond donors (Lipinski definition) is 1. The summed E-state index contributed by atoms with van der Waals surface area (Å²) in [5.41, 5.74) is -0.776. The molecule has 0 aromatic carbocycles. The Kier molecular flexibility index (Phi) is 3.68. The summed E-state index contributed by atoms with van der Waals surface area (Å²) in [7, 11) is 0. The van der Waals surface area contributed by atoms with E-state index in [2.05, 4.69) is 15.2 Å². The minimum absolute atomic E-state index is 0.114. The Morgan fingerprint density at radius 3 is 2.82 bits per heavy atom. The lowest BCUT2D eigenvalue weighted by molar-refractivity contribution is -0.132. The Labute approximate surface area is 129 Å². The van der Waals surface area contributed by atoms with Gasteiger partial charge in [0.25, 0.3) is 5.91 Å². The molecular weight excluding hydrogens is 284 g/mol. The average Bonchev–Trinajstić information content (AvgIpc) is 3.12. The van der Waals surface area contributed by atoms with E-state index in [9.17, 15) is 9.59 Å². The summed E-state index contributed by atoms with van der Waals surface area (Å²) >= 11 is 0. The van der Waals surface area contributed by atoms with Crippen LogP contribution >= 0.6 is 0 Å². The van der Waals surface area contributed by atoms with Gasteiger partial charge in [-0.2, -0.15) is 0 Å². The van der Waals surface area contributed by atoms with Crippen molar-refractivity contribution in [2.24, 2.45) is 0 Å². The minimum atomic E-state index is -0.776. The standard InChI is InChI=1S/C15H22N4O3/c1-4-11-7-16-12(22-11)8-18-6-5-15(9-18)13(20)19(10(2)3)14(21)17-15/h7,10H,4-6,8-9H2,1-3H3,(H,17,21). The number of aryl methyl sites for hydroxylation is 1. The molecule has 7 heteroatoms. The van der Waals surface area contributed by atoms with Crippen molar-refractivity contribution in [3.05, 3.63) is 17.8 Å². The number of aromatic nitrogens is 1. The molecule has 2 saturated heterocycles. The number of carbonyl (C=O) groups excluding carboxylic acids is 2. The van der Waals surface area contributed by atoms with Crippen molar-refractivity contribution in [2.45, 2.75) is 51.7 Å². The molecule has 3 amide bonds. The third kappa shape index (κ3) is 2.39. The predicted octanol–water partition coefficient (Wildman–Crippen LogP) is 1.14. The molecule has 2 aliphatic heterocycles. The molecule has 7 nitrogen and oxygen atoms in total. The lowest BCUT2D eigenvalue weighted by Crippen LogP contribution is -2.49. The molecule has 1 aromatic heterocycles. The number of urea groups is 1. The van der Waals surface area contributed by atoms with Crippen molar-refractivity contribution in [1.29, 1.82) is 0 Å². The highest BCUT2D eigenvalue weighted by Gasteiger charge is 2.55. The first-order valence-corrected chi connectivity index (χ1v) is 7.77. The van der Waals surface area contributed by atoms with Crippen molar-refractivity contribution < 1.29 is 14.0 Å². The van der Waals surface area contributed by atoms with Crippen LogP contribution in [0.1, 0.15) is 38.8 Å². The fraction of sp³-hybridized carbons (Fsp3) is 0.667. The third-order valence-corrected chi connectivity index (χ3v) is 4.37. The molecule has 3 rings (SSSR count). The molecule has 0 radical (unpaired) electrons. The smallest absolute Gasteiger partial charge is 0.325 e. The SMILES string of the molecule is CCc1cnc(CN2CCC3(C2)NC(=O)N(C(C)C)C3=O)o1. The first kappa shape index (κ1) is 15.0. The maximum absolute atomic E-state index is 12.6. The Balaban J connectivity index is 1.69. The van der Waals surface area contributed by atoms with E-state index in [1.165, 1.54) is 4.90 Å². The van der Waals surface area contributed by atoms with Gasteiger partial charge in [-0.05, 0) is 20.3 Å². The van der Waals surface area contributed by atoms with Crippen LogP contribution in [0.2, 0.25) is 0 Å². The van der Waals surface area contributed by atoms with Crippen LogP contribution in [0.3, 0.4) is 0 Å². The third-order valence-electron chi connectivity index (χ3n) is 4.37. The Morgan fingerprint density at radius 1 is 1.45 bits per heavy atom. The first-order chi connectivity index (χ1) is 10.4. The summed E-state index contributed by atoms with van der Waals surface area (Å²) in [6.45, 7) is 7.52. The lowest BCUT2D eigenvalue weighted by atomic mass is 9.99. The predicted molar refractivity (Wildman–Crippen MR) is 79.0 cm³/mol. The summed E-state index contributed by atoms with van der Waals surface area (Å²) in [5.74, 6) is 1.41. The quantitative estimate of drug-likeness (QED) is 0.844. The van der Waals surface area contributed by atoms with Crippen LogP contribution in [0.5, 0.6) is 0 Å². The number of likely N-dealkylation sites (tertiary alicyclic amines) is 1. The summed E-state index contributed by atoms with van der Waals surface area (Å²) in [4.78, 5) is 32.3. The maximum atomic E-state index is 12.6. The number of carbonyl (C=O) groups is 2. The Bertz CT molecular complexity index is 597.